The molecule has 0 unspecified atom stereocenters. The number of benzene rings is 1. The maximum absolute atomic E-state index is 13.3. The lowest BCUT2D eigenvalue weighted by Crippen LogP contribution is -2.42. The van der Waals surface area contributed by atoms with Crippen LogP contribution >= 0.6 is 11.6 Å². The van der Waals surface area contributed by atoms with Crippen LogP contribution in [0.5, 0.6) is 0 Å². The van der Waals surface area contributed by atoms with E-state index >= 15 is 0 Å². The van der Waals surface area contributed by atoms with Crippen molar-refractivity contribution in [1.29, 1.82) is 0 Å². The van der Waals surface area contributed by atoms with Gasteiger partial charge in [0.2, 0.25) is 10.9 Å². The molecule has 53 heavy (non-hydrogen) atoms. The first-order chi connectivity index (χ1) is 25.7. The number of carbonyl (C=O) groups is 2. The summed E-state index contributed by atoms with van der Waals surface area (Å²) in [5.74, 6) is 0.0289. The molecule has 2 fully saturated rings. The lowest BCUT2D eigenvalue weighted by molar-refractivity contribution is 0.0300. The van der Waals surface area contributed by atoms with Crippen molar-refractivity contribution in [3.05, 3.63) is 115 Å². The summed E-state index contributed by atoms with van der Waals surface area (Å²) in [5.41, 5.74) is 5.11. The van der Waals surface area contributed by atoms with Crippen molar-refractivity contribution in [1.82, 2.24) is 28.9 Å². The minimum absolute atomic E-state index is 0.165. The van der Waals surface area contributed by atoms with E-state index in [9.17, 15) is 19.2 Å². The highest BCUT2D eigenvalue weighted by molar-refractivity contribution is 6.30. The molecular formula is C40H43ClN6O6. The van der Waals surface area contributed by atoms with Crippen molar-refractivity contribution in [2.45, 2.75) is 46.2 Å². The molecule has 2 amide bonds. The Morgan fingerprint density at radius 1 is 0.736 bits per heavy atom. The van der Waals surface area contributed by atoms with Crippen molar-refractivity contribution in [2.24, 2.45) is 5.92 Å². The number of amides is 2. The van der Waals surface area contributed by atoms with Crippen molar-refractivity contribution in [2.75, 3.05) is 52.6 Å². The molecule has 4 aromatic heterocycles. The van der Waals surface area contributed by atoms with Gasteiger partial charge in [0.05, 0.1) is 55.2 Å². The average Bonchev–Trinajstić information content (AvgIpc) is 3.61. The summed E-state index contributed by atoms with van der Waals surface area (Å²) in [6.07, 6.45) is 9.58. The van der Waals surface area contributed by atoms with E-state index in [4.69, 9.17) is 21.1 Å². The van der Waals surface area contributed by atoms with Gasteiger partial charge < -0.3 is 28.4 Å². The number of rotatable bonds is 6. The Morgan fingerprint density at radius 3 is 1.70 bits per heavy atom. The molecule has 0 atom stereocenters. The summed E-state index contributed by atoms with van der Waals surface area (Å²) in [7, 11) is 0. The van der Waals surface area contributed by atoms with E-state index in [1.165, 1.54) is 17.2 Å². The zero-order valence-corrected chi connectivity index (χ0v) is 30.8. The predicted molar refractivity (Wildman–Crippen MR) is 203 cm³/mol. The summed E-state index contributed by atoms with van der Waals surface area (Å²) in [5, 5.41) is 1.24. The Kier molecular flexibility index (Phi) is 11.0. The summed E-state index contributed by atoms with van der Waals surface area (Å²) in [4.78, 5) is 63.7. The number of aromatic nitrogens is 4. The fraction of sp³-hybridized carbons (Fsp3) is 0.400. The molecule has 0 saturated carbocycles. The number of pyridine rings is 4. The molecule has 12 nitrogen and oxygen atoms in total. The largest absolute Gasteiger partial charge is 0.378 e. The molecule has 1 aromatic carbocycles. The number of halogens is 1. The van der Waals surface area contributed by atoms with Crippen LogP contribution in [-0.2, 0) is 41.8 Å². The fourth-order valence-electron chi connectivity index (χ4n) is 7.50. The zero-order valence-electron chi connectivity index (χ0n) is 30.1. The fourth-order valence-corrected chi connectivity index (χ4v) is 7.65. The van der Waals surface area contributed by atoms with Gasteiger partial charge in [0, 0.05) is 62.7 Å². The Balaban J connectivity index is 0.000000174. The molecule has 5 aromatic rings. The van der Waals surface area contributed by atoms with Gasteiger partial charge in [-0.2, -0.15) is 0 Å². The van der Waals surface area contributed by atoms with Gasteiger partial charge in [-0.05, 0) is 62.3 Å². The molecule has 3 aliphatic rings. The number of hydrogen-bond donors (Lipinski definition) is 0. The van der Waals surface area contributed by atoms with Crippen molar-refractivity contribution < 1.29 is 19.1 Å². The number of nitrogens with zero attached hydrogens (tertiary/aromatic N) is 6. The maximum Gasteiger partial charge on any atom is 0.259 e. The third-order valence-electron chi connectivity index (χ3n) is 10.3. The molecule has 0 radical (unpaired) electrons. The van der Waals surface area contributed by atoms with E-state index in [0.29, 0.717) is 87.9 Å². The molecule has 276 valence electrons. The zero-order chi connectivity index (χ0) is 37.1. The molecular weight excluding hydrogens is 696 g/mol. The highest BCUT2D eigenvalue weighted by atomic mass is 35.5. The summed E-state index contributed by atoms with van der Waals surface area (Å²) in [6.45, 7) is 9.31. The van der Waals surface area contributed by atoms with E-state index in [0.717, 1.165) is 30.5 Å². The van der Waals surface area contributed by atoms with E-state index in [1.54, 1.807) is 34.6 Å². The van der Waals surface area contributed by atoms with Crippen molar-refractivity contribution in [3.8, 4) is 0 Å². The first kappa shape index (κ1) is 36.4. The Labute approximate surface area is 311 Å². The van der Waals surface area contributed by atoms with Crippen LogP contribution in [0.2, 0.25) is 5.15 Å². The van der Waals surface area contributed by atoms with E-state index < -0.39 is 0 Å². The molecule has 13 heteroatoms. The van der Waals surface area contributed by atoms with Gasteiger partial charge in [0.15, 0.2) is 0 Å². The van der Waals surface area contributed by atoms with Gasteiger partial charge in [-0.15, -0.1) is 0 Å². The first-order valence-electron chi connectivity index (χ1n) is 18.3. The van der Waals surface area contributed by atoms with Crippen LogP contribution in [0.25, 0.3) is 21.8 Å². The molecule has 8 rings (SSSR count). The number of carbonyl (C=O) groups excluding carboxylic acids is 2. The third-order valence-corrected chi connectivity index (χ3v) is 10.5. The van der Waals surface area contributed by atoms with E-state index in [1.807, 2.05) is 29.0 Å². The standard InChI is InChI=1S/C25H27N3O3.C15H16ClN3O3/c1-2-27-16-22(25(30)28-7-9-31-10-8-28)24(29)21-14-20(26-15-23(21)27)13-17-11-18-5-3-4-6-19(18)12-17;1-2-18-9-11(15(21)19-3-5-22-6-4-19)14(20)10-7-13(16)17-8-12(10)18/h3-6,14-17H,2,7-13H2,1H3;7-9H,2-6H2,1H3. The van der Waals surface area contributed by atoms with Crippen molar-refractivity contribution in [3.63, 3.8) is 0 Å². The van der Waals surface area contributed by atoms with Gasteiger partial charge in [-0.3, -0.25) is 24.2 Å². The number of hydrogen-bond acceptors (Lipinski definition) is 8. The molecule has 2 saturated heterocycles. The Morgan fingerprint density at radius 2 is 1.21 bits per heavy atom. The highest BCUT2D eigenvalue weighted by Gasteiger charge is 2.26. The lowest BCUT2D eigenvalue weighted by Gasteiger charge is -2.27. The number of ether oxygens (including phenoxy) is 2. The Hall–Kier alpha value is -4.91. The molecule has 6 heterocycles. The second kappa shape index (κ2) is 16.0. The number of morpholine rings is 2. The third kappa shape index (κ3) is 7.62. The lowest BCUT2D eigenvalue weighted by atomic mass is 9.99. The molecule has 0 spiro atoms. The minimum Gasteiger partial charge on any atom is -0.378 e. The van der Waals surface area contributed by atoms with Crippen LogP contribution in [0.15, 0.2) is 70.8 Å². The summed E-state index contributed by atoms with van der Waals surface area (Å²) < 4.78 is 14.4. The van der Waals surface area contributed by atoms with Gasteiger partial charge in [-0.1, -0.05) is 35.9 Å². The maximum atomic E-state index is 13.3. The second-order valence-electron chi connectivity index (χ2n) is 13.6. The topological polar surface area (TPSA) is 129 Å². The van der Waals surface area contributed by atoms with Crippen molar-refractivity contribution >= 4 is 45.2 Å². The predicted octanol–water partition coefficient (Wildman–Crippen LogP) is 4.39. The molecule has 0 bridgehead atoms. The van der Waals surface area contributed by atoms with Gasteiger partial charge in [-0.25, -0.2) is 4.98 Å². The highest BCUT2D eigenvalue weighted by Crippen LogP contribution is 2.29. The number of fused-ring (bicyclic) bond motifs is 3. The van der Waals surface area contributed by atoms with Gasteiger partial charge in [0.25, 0.3) is 11.8 Å². The van der Waals surface area contributed by atoms with Crippen LogP contribution in [0, 0.1) is 5.92 Å². The van der Waals surface area contributed by atoms with Crippen LogP contribution in [-0.4, -0.2) is 93.3 Å². The Bertz CT molecular complexity index is 2270. The van der Waals surface area contributed by atoms with Crippen LogP contribution in [0.3, 0.4) is 0 Å². The average molecular weight is 739 g/mol. The van der Waals surface area contributed by atoms with Crippen LogP contribution in [0.4, 0.5) is 0 Å². The van der Waals surface area contributed by atoms with E-state index in [-0.39, 0.29) is 39.0 Å². The molecule has 2 aliphatic heterocycles. The number of aryl methyl sites for hydroxylation is 2. The quantitative estimate of drug-likeness (QED) is 0.235. The smallest absolute Gasteiger partial charge is 0.259 e. The first-order valence-corrected chi connectivity index (χ1v) is 18.6. The van der Waals surface area contributed by atoms with E-state index in [2.05, 4.69) is 34.2 Å². The molecule has 1 aliphatic carbocycles. The van der Waals surface area contributed by atoms with Gasteiger partial charge in [0.1, 0.15) is 16.3 Å². The SMILES string of the molecule is CCn1cc(C(=O)N2CCOCC2)c(=O)c2cc(CC3Cc4ccccc4C3)ncc21.CCn1cc(C(=O)N2CCOCC2)c(=O)c2cc(Cl)ncc21. The molecule has 0 N–H and O–H groups in total. The van der Waals surface area contributed by atoms with Crippen LogP contribution in [0.1, 0.15) is 51.4 Å². The summed E-state index contributed by atoms with van der Waals surface area (Å²) >= 11 is 5.90. The normalized spacial score (nSPS) is 16.1. The second-order valence-corrected chi connectivity index (χ2v) is 14.0. The van der Waals surface area contributed by atoms with Gasteiger partial charge >= 0.3 is 0 Å². The monoisotopic (exact) mass is 738 g/mol. The van der Waals surface area contributed by atoms with Crippen LogP contribution < -0.4 is 10.9 Å². The summed E-state index contributed by atoms with van der Waals surface area (Å²) in [6, 6.07) is 12.0. The minimum atomic E-state index is -0.305.